The van der Waals surface area contributed by atoms with Crippen LogP contribution in [-0.2, 0) is 32.6 Å². The van der Waals surface area contributed by atoms with Gasteiger partial charge in [0.25, 0.3) is 0 Å². The second kappa shape index (κ2) is 14.7. The SMILES string of the molecule is CC[C@H](C)NC(=O)[C@@H](Cc1ccccc1)N(Cc1cccc(C)c1)C(=O)CN(c1ccc(OC)cc1OC)S(C)(=O)=O. The zero-order valence-corrected chi connectivity index (χ0v) is 26.0. The van der Waals surface area contributed by atoms with E-state index in [1.165, 1.54) is 25.2 Å². The molecule has 2 amide bonds. The number of carbonyl (C=O) groups excluding carboxylic acids is 2. The lowest BCUT2D eigenvalue weighted by molar-refractivity contribution is -0.140. The molecule has 0 aromatic heterocycles. The number of ether oxygens (including phenoxy) is 2. The standard InChI is InChI=1S/C32H41N3O6S/c1-7-24(3)33-32(37)29(19-25-13-9-8-10-14-25)34(21-26-15-11-12-23(2)18-26)31(36)22-35(42(6,38)39)28-17-16-27(40-4)20-30(28)41-5/h8-18,20,24,29H,7,19,21-22H2,1-6H3,(H,33,37)/t24-,29+/m0/s1. The van der Waals surface area contributed by atoms with Crippen molar-refractivity contribution in [2.75, 3.05) is 31.3 Å². The molecular formula is C32H41N3O6S. The van der Waals surface area contributed by atoms with Gasteiger partial charge in [0.05, 0.1) is 26.2 Å². The number of rotatable bonds is 14. The largest absolute Gasteiger partial charge is 0.497 e. The molecule has 0 spiro atoms. The number of carbonyl (C=O) groups is 2. The minimum atomic E-state index is -3.94. The van der Waals surface area contributed by atoms with Crippen molar-refractivity contribution in [1.29, 1.82) is 0 Å². The number of nitrogens with zero attached hydrogens (tertiary/aromatic N) is 2. The third-order valence-electron chi connectivity index (χ3n) is 7.04. The van der Waals surface area contributed by atoms with Crippen LogP contribution in [0.1, 0.15) is 37.0 Å². The Kier molecular flexibility index (Phi) is 11.4. The molecule has 2 atom stereocenters. The van der Waals surface area contributed by atoms with Gasteiger partial charge in [-0.3, -0.25) is 13.9 Å². The summed E-state index contributed by atoms with van der Waals surface area (Å²) in [5.74, 6) is -0.128. The van der Waals surface area contributed by atoms with E-state index in [0.29, 0.717) is 5.75 Å². The third-order valence-corrected chi connectivity index (χ3v) is 8.17. The summed E-state index contributed by atoms with van der Waals surface area (Å²) >= 11 is 0. The molecule has 0 fully saturated rings. The van der Waals surface area contributed by atoms with Gasteiger partial charge in [-0.1, -0.05) is 67.1 Å². The molecule has 9 nitrogen and oxygen atoms in total. The van der Waals surface area contributed by atoms with Gasteiger partial charge >= 0.3 is 0 Å². The Labute approximate surface area is 249 Å². The maximum atomic E-state index is 14.3. The monoisotopic (exact) mass is 595 g/mol. The predicted octanol–water partition coefficient (Wildman–Crippen LogP) is 4.33. The van der Waals surface area contributed by atoms with Crippen LogP contribution in [0.5, 0.6) is 11.5 Å². The average Bonchev–Trinajstić information content (AvgIpc) is 2.97. The van der Waals surface area contributed by atoms with E-state index in [2.05, 4.69) is 5.32 Å². The third kappa shape index (κ3) is 8.72. The molecule has 42 heavy (non-hydrogen) atoms. The maximum Gasteiger partial charge on any atom is 0.244 e. The molecule has 1 N–H and O–H groups in total. The minimum Gasteiger partial charge on any atom is -0.497 e. The fraction of sp³-hybridized carbons (Fsp3) is 0.375. The van der Waals surface area contributed by atoms with Crippen molar-refractivity contribution in [3.8, 4) is 11.5 Å². The summed E-state index contributed by atoms with van der Waals surface area (Å²) in [7, 11) is -1.03. The van der Waals surface area contributed by atoms with Gasteiger partial charge in [-0.15, -0.1) is 0 Å². The summed E-state index contributed by atoms with van der Waals surface area (Å²) in [6.07, 6.45) is 2.01. The molecule has 0 aliphatic rings. The van der Waals surface area contributed by atoms with Crippen LogP contribution in [0.3, 0.4) is 0 Å². The lowest BCUT2D eigenvalue weighted by Crippen LogP contribution is -2.54. The molecule has 3 rings (SSSR count). The topological polar surface area (TPSA) is 105 Å². The molecule has 0 heterocycles. The van der Waals surface area contributed by atoms with Crippen LogP contribution < -0.4 is 19.1 Å². The molecule has 0 bridgehead atoms. The van der Waals surface area contributed by atoms with Crippen molar-refractivity contribution >= 4 is 27.5 Å². The molecule has 0 saturated carbocycles. The van der Waals surface area contributed by atoms with E-state index in [-0.39, 0.29) is 36.4 Å². The Balaban J connectivity index is 2.10. The number of hydrogen-bond donors (Lipinski definition) is 1. The number of hydrogen-bond acceptors (Lipinski definition) is 6. The highest BCUT2D eigenvalue weighted by molar-refractivity contribution is 7.92. The number of benzene rings is 3. The van der Waals surface area contributed by atoms with Crippen LogP contribution in [0.15, 0.2) is 72.8 Å². The fourth-order valence-electron chi connectivity index (χ4n) is 4.59. The second-order valence-electron chi connectivity index (χ2n) is 10.3. The van der Waals surface area contributed by atoms with E-state index >= 15 is 0 Å². The number of anilines is 1. The van der Waals surface area contributed by atoms with E-state index in [4.69, 9.17) is 9.47 Å². The normalized spacial score (nSPS) is 12.6. The Morgan fingerprint density at radius 1 is 0.929 bits per heavy atom. The summed E-state index contributed by atoms with van der Waals surface area (Å²) in [5.41, 5.74) is 2.89. The van der Waals surface area contributed by atoms with Gasteiger partial charge in [-0.25, -0.2) is 8.42 Å². The first-order chi connectivity index (χ1) is 20.0. The lowest BCUT2D eigenvalue weighted by Gasteiger charge is -2.34. The first kappa shape index (κ1) is 32.5. The fourth-order valence-corrected chi connectivity index (χ4v) is 5.44. The first-order valence-corrected chi connectivity index (χ1v) is 15.7. The Bertz CT molecular complexity index is 1460. The molecule has 0 unspecified atom stereocenters. The Morgan fingerprint density at radius 2 is 1.62 bits per heavy atom. The van der Waals surface area contributed by atoms with Gasteiger partial charge in [0.2, 0.25) is 21.8 Å². The van der Waals surface area contributed by atoms with Gasteiger partial charge < -0.3 is 19.7 Å². The number of aryl methyl sites for hydroxylation is 1. The Hall–Kier alpha value is -4.05. The lowest BCUT2D eigenvalue weighted by atomic mass is 10.0. The van der Waals surface area contributed by atoms with E-state index in [1.807, 2.05) is 75.4 Å². The molecule has 0 aliphatic carbocycles. The quantitative estimate of drug-likeness (QED) is 0.298. The molecule has 226 valence electrons. The minimum absolute atomic E-state index is 0.109. The van der Waals surface area contributed by atoms with Crippen LogP contribution >= 0.6 is 0 Å². The number of amides is 2. The summed E-state index contributed by atoms with van der Waals surface area (Å²) in [5, 5.41) is 3.03. The zero-order chi connectivity index (χ0) is 30.9. The van der Waals surface area contributed by atoms with Crippen LogP contribution in [0.25, 0.3) is 0 Å². The van der Waals surface area contributed by atoms with Crippen molar-refractivity contribution in [2.24, 2.45) is 0 Å². The smallest absolute Gasteiger partial charge is 0.244 e. The van der Waals surface area contributed by atoms with Crippen molar-refractivity contribution in [1.82, 2.24) is 10.2 Å². The second-order valence-corrected chi connectivity index (χ2v) is 12.2. The molecular weight excluding hydrogens is 554 g/mol. The Morgan fingerprint density at radius 3 is 2.21 bits per heavy atom. The van der Waals surface area contributed by atoms with E-state index in [0.717, 1.165) is 33.7 Å². The molecule has 10 heteroatoms. The van der Waals surface area contributed by atoms with E-state index in [9.17, 15) is 18.0 Å². The predicted molar refractivity (Wildman–Crippen MR) is 165 cm³/mol. The number of methoxy groups -OCH3 is 2. The van der Waals surface area contributed by atoms with Crippen molar-refractivity contribution < 1.29 is 27.5 Å². The van der Waals surface area contributed by atoms with Crippen molar-refractivity contribution in [3.63, 3.8) is 0 Å². The van der Waals surface area contributed by atoms with E-state index < -0.39 is 28.5 Å². The number of sulfonamides is 1. The van der Waals surface area contributed by atoms with Gasteiger partial charge in [0, 0.05) is 25.1 Å². The van der Waals surface area contributed by atoms with Gasteiger partial charge in [0.1, 0.15) is 24.1 Å². The summed E-state index contributed by atoms with van der Waals surface area (Å²) < 4.78 is 37.9. The summed E-state index contributed by atoms with van der Waals surface area (Å²) in [4.78, 5) is 29.5. The van der Waals surface area contributed by atoms with Crippen molar-refractivity contribution in [3.05, 3.63) is 89.5 Å². The van der Waals surface area contributed by atoms with Crippen LogP contribution in [0.4, 0.5) is 5.69 Å². The van der Waals surface area contributed by atoms with Gasteiger partial charge in [-0.2, -0.15) is 0 Å². The molecule has 3 aromatic carbocycles. The molecule has 0 aliphatic heterocycles. The summed E-state index contributed by atoms with van der Waals surface area (Å²) in [6, 6.07) is 20.8. The number of nitrogens with one attached hydrogen (secondary N) is 1. The highest BCUT2D eigenvalue weighted by Crippen LogP contribution is 2.34. The average molecular weight is 596 g/mol. The zero-order valence-electron chi connectivity index (χ0n) is 25.2. The van der Waals surface area contributed by atoms with Gasteiger partial charge in [-0.05, 0) is 43.5 Å². The van der Waals surface area contributed by atoms with E-state index in [1.54, 1.807) is 12.1 Å². The maximum absolute atomic E-state index is 14.3. The summed E-state index contributed by atoms with van der Waals surface area (Å²) in [6.45, 7) is 5.41. The van der Waals surface area contributed by atoms with Crippen LogP contribution in [0.2, 0.25) is 0 Å². The van der Waals surface area contributed by atoms with Crippen LogP contribution in [0, 0.1) is 6.92 Å². The molecule has 3 aromatic rings. The molecule has 0 saturated heterocycles. The first-order valence-electron chi connectivity index (χ1n) is 13.9. The highest BCUT2D eigenvalue weighted by atomic mass is 32.2. The van der Waals surface area contributed by atoms with Crippen LogP contribution in [-0.4, -0.2) is 64.2 Å². The highest BCUT2D eigenvalue weighted by Gasteiger charge is 2.34. The van der Waals surface area contributed by atoms with Crippen molar-refractivity contribution in [2.45, 2.75) is 52.2 Å². The molecule has 0 radical (unpaired) electrons. The van der Waals surface area contributed by atoms with Gasteiger partial charge in [0.15, 0.2) is 0 Å².